The summed E-state index contributed by atoms with van der Waals surface area (Å²) in [4.78, 5) is 12.3. The molecule has 1 heterocycles. The highest BCUT2D eigenvalue weighted by molar-refractivity contribution is 7.16. The lowest BCUT2D eigenvalue weighted by molar-refractivity contribution is 0.102. The van der Waals surface area contributed by atoms with E-state index < -0.39 is 0 Å². The monoisotopic (exact) mass is 351 g/mol. The van der Waals surface area contributed by atoms with Crippen molar-refractivity contribution in [1.82, 2.24) is 10.2 Å². The van der Waals surface area contributed by atoms with Gasteiger partial charge in [-0.1, -0.05) is 47.7 Å². The fourth-order valence-electron chi connectivity index (χ4n) is 2.23. The Bertz CT molecular complexity index is 901. The molecule has 3 rings (SSSR count). The average molecular weight is 351 g/mol. The van der Waals surface area contributed by atoms with Crippen LogP contribution in [0.3, 0.4) is 0 Å². The van der Waals surface area contributed by atoms with Gasteiger partial charge in [-0.3, -0.25) is 10.1 Å². The minimum atomic E-state index is -0.181. The third-order valence-electron chi connectivity index (χ3n) is 3.58. The predicted octanol–water partition coefficient (Wildman–Crippen LogP) is 4.28. The molecular weight excluding hydrogens is 334 g/mol. The lowest BCUT2D eigenvalue weighted by Crippen LogP contribution is -2.12. The first-order valence-corrected chi connectivity index (χ1v) is 8.50. The van der Waals surface area contributed by atoms with Crippen molar-refractivity contribution in [1.29, 1.82) is 0 Å². The fraction of sp³-hybridized carbons (Fsp3) is 0.105. The lowest BCUT2D eigenvalue weighted by Gasteiger charge is -2.03. The van der Waals surface area contributed by atoms with Gasteiger partial charge in [-0.25, -0.2) is 0 Å². The maximum Gasteiger partial charge on any atom is 0.257 e. The highest BCUT2D eigenvalue weighted by atomic mass is 32.1. The Morgan fingerprint density at radius 1 is 1.08 bits per heavy atom. The van der Waals surface area contributed by atoms with Crippen LogP contribution in [0.5, 0.6) is 5.75 Å². The zero-order valence-corrected chi connectivity index (χ0v) is 14.7. The topological polar surface area (TPSA) is 64.1 Å². The first-order chi connectivity index (χ1) is 12.2. The number of rotatable bonds is 5. The molecule has 25 heavy (non-hydrogen) atoms. The van der Waals surface area contributed by atoms with Crippen molar-refractivity contribution >= 4 is 34.5 Å². The Kier molecular flexibility index (Phi) is 5.20. The van der Waals surface area contributed by atoms with Crippen molar-refractivity contribution in [3.8, 4) is 5.75 Å². The van der Waals surface area contributed by atoms with E-state index >= 15 is 0 Å². The van der Waals surface area contributed by atoms with Gasteiger partial charge in [0.15, 0.2) is 0 Å². The van der Waals surface area contributed by atoms with Gasteiger partial charge in [0.2, 0.25) is 5.13 Å². The van der Waals surface area contributed by atoms with Crippen LogP contribution in [0.15, 0.2) is 48.5 Å². The molecule has 126 valence electrons. The minimum Gasteiger partial charge on any atom is -0.497 e. The van der Waals surface area contributed by atoms with E-state index in [1.54, 1.807) is 13.2 Å². The van der Waals surface area contributed by atoms with E-state index in [2.05, 4.69) is 15.5 Å². The van der Waals surface area contributed by atoms with Gasteiger partial charge >= 0.3 is 0 Å². The number of anilines is 1. The van der Waals surface area contributed by atoms with E-state index in [-0.39, 0.29) is 5.91 Å². The summed E-state index contributed by atoms with van der Waals surface area (Å²) in [6.07, 6.45) is 3.80. The van der Waals surface area contributed by atoms with Crippen LogP contribution >= 0.6 is 11.3 Å². The molecule has 5 nitrogen and oxygen atoms in total. The molecular formula is C19H17N3O2S. The second kappa shape index (κ2) is 7.72. The molecule has 0 atom stereocenters. The molecule has 0 spiro atoms. The number of carbonyl (C=O) groups is 1. The summed E-state index contributed by atoms with van der Waals surface area (Å²) < 4.78 is 5.13. The molecule has 0 aliphatic carbocycles. The third kappa shape index (κ3) is 4.30. The van der Waals surface area contributed by atoms with Gasteiger partial charge in [0.05, 0.1) is 7.11 Å². The predicted molar refractivity (Wildman–Crippen MR) is 101 cm³/mol. The van der Waals surface area contributed by atoms with Gasteiger partial charge in [-0.2, -0.15) is 0 Å². The standard InChI is InChI=1S/C19H17N3O2S/c1-13-5-3-4-6-16(13)18(23)20-19-22-21-17(25-19)12-9-14-7-10-15(24-2)11-8-14/h3-12H,1-2H3,(H,20,22,23)/b12-9+. The number of nitrogens with one attached hydrogen (secondary N) is 1. The largest absolute Gasteiger partial charge is 0.497 e. The quantitative estimate of drug-likeness (QED) is 0.745. The van der Waals surface area contributed by atoms with Gasteiger partial charge in [0.1, 0.15) is 10.8 Å². The van der Waals surface area contributed by atoms with Crippen LogP contribution in [0.4, 0.5) is 5.13 Å². The third-order valence-corrected chi connectivity index (χ3v) is 4.39. The zero-order chi connectivity index (χ0) is 17.6. The van der Waals surface area contributed by atoms with Crippen LogP contribution in [0.1, 0.15) is 26.5 Å². The Hall–Kier alpha value is -2.99. The Labute approximate surface area is 150 Å². The van der Waals surface area contributed by atoms with Gasteiger partial charge in [0.25, 0.3) is 5.91 Å². The van der Waals surface area contributed by atoms with E-state index in [9.17, 15) is 4.79 Å². The summed E-state index contributed by atoms with van der Waals surface area (Å²) >= 11 is 1.32. The van der Waals surface area contributed by atoms with Crippen LogP contribution in [0.2, 0.25) is 0 Å². The van der Waals surface area contributed by atoms with Crippen molar-refractivity contribution in [3.63, 3.8) is 0 Å². The number of aryl methyl sites for hydroxylation is 1. The number of ether oxygens (including phenoxy) is 1. The number of benzene rings is 2. The second-order valence-corrected chi connectivity index (χ2v) is 6.33. The van der Waals surface area contributed by atoms with Crippen molar-refractivity contribution in [2.24, 2.45) is 0 Å². The zero-order valence-electron chi connectivity index (χ0n) is 13.9. The number of nitrogens with zero attached hydrogens (tertiary/aromatic N) is 2. The number of hydrogen-bond acceptors (Lipinski definition) is 5. The van der Waals surface area contributed by atoms with Crippen LogP contribution in [-0.2, 0) is 0 Å². The van der Waals surface area contributed by atoms with Gasteiger partial charge in [0, 0.05) is 5.56 Å². The minimum absolute atomic E-state index is 0.181. The molecule has 0 radical (unpaired) electrons. The van der Waals surface area contributed by atoms with E-state index in [4.69, 9.17) is 4.74 Å². The normalized spacial score (nSPS) is 10.8. The molecule has 2 aromatic carbocycles. The van der Waals surface area contributed by atoms with Crippen molar-refractivity contribution in [2.75, 3.05) is 12.4 Å². The lowest BCUT2D eigenvalue weighted by atomic mass is 10.1. The van der Waals surface area contributed by atoms with E-state index in [1.807, 2.05) is 61.5 Å². The smallest absolute Gasteiger partial charge is 0.257 e. The summed E-state index contributed by atoms with van der Waals surface area (Å²) in [7, 11) is 1.64. The Morgan fingerprint density at radius 3 is 2.56 bits per heavy atom. The highest BCUT2D eigenvalue weighted by Gasteiger charge is 2.11. The fourth-order valence-corrected chi connectivity index (χ4v) is 2.87. The number of aromatic nitrogens is 2. The average Bonchev–Trinajstić information content (AvgIpc) is 3.08. The van der Waals surface area contributed by atoms with Crippen molar-refractivity contribution in [3.05, 3.63) is 70.2 Å². The molecule has 1 N–H and O–H groups in total. The van der Waals surface area contributed by atoms with Gasteiger partial charge in [-0.05, 0) is 42.3 Å². The van der Waals surface area contributed by atoms with E-state index in [0.29, 0.717) is 10.7 Å². The molecule has 0 saturated heterocycles. The maximum absolute atomic E-state index is 12.3. The molecule has 0 saturated carbocycles. The number of amides is 1. The van der Waals surface area contributed by atoms with Crippen LogP contribution in [0, 0.1) is 6.92 Å². The maximum atomic E-state index is 12.3. The first-order valence-electron chi connectivity index (χ1n) is 7.68. The SMILES string of the molecule is COc1ccc(/C=C/c2nnc(NC(=O)c3ccccc3C)s2)cc1. The number of hydrogen-bond donors (Lipinski definition) is 1. The van der Waals surface area contributed by atoms with Crippen molar-refractivity contribution in [2.45, 2.75) is 6.92 Å². The van der Waals surface area contributed by atoms with Crippen LogP contribution in [-0.4, -0.2) is 23.2 Å². The Morgan fingerprint density at radius 2 is 1.84 bits per heavy atom. The van der Waals surface area contributed by atoms with Gasteiger partial charge in [-0.15, -0.1) is 10.2 Å². The molecule has 0 unspecified atom stereocenters. The summed E-state index contributed by atoms with van der Waals surface area (Å²) in [6, 6.07) is 15.1. The molecule has 3 aromatic rings. The summed E-state index contributed by atoms with van der Waals surface area (Å²) in [5.74, 6) is 0.634. The molecule has 0 bridgehead atoms. The summed E-state index contributed by atoms with van der Waals surface area (Å²) in [5, 5.41) is 12.1. The van der Waals surface area contributed by atoms with E-state index in [0.717, 1.165) is 21.9 Å². The number of carbonyl (C=O) groups excluding carboxylic acids is 1. The molecule has 0 fully saturated rings. The Balaban J connectivity index is 1.66. The highest BCUT2D eigenvalue weighted by Crippen LogP contribution is 2.20. The van der Waals surface area contributed by atoms with Crippen LogP contribution < -0.4 is 10.1 Å². The van der Waals surface area contributed by atoms with E-state index in [1.165, 1.54) is 11.3 Å². The first kappa shape index (κ1) is 16.9. The second-order valence-electron chi connectivity index (χ2n) is 5.32. The van der Waals surface area contributed by atoms with Gasteiger partial charge < -0.3 is 4.74 Å². The van der Waals surface area contributed by atoms with Crippen LogP contribution in [0.25, 0.3) is 12.2 Å². The molecule has 1 aromatic heterocycles. The summed E-state index contributed by atoms with van der Waals surface area (Å²) in [6.45, 7) is 1.90. The number of methoxy groups -OCH3 is 1. The molecule has 0 aliphatic heterocycles. The molecule has 6 heteroatoms. The van der Waals surface area contributed by atoms with Crippen molar-refractivity contribution < 1.29 is 9.53 Å². The summed E-state index contributed by atoms with van der Waals surface area (Å²) in [5.41, 5.74) is 2.58. The molecule has 1 amide bonds. The molecule has 0 aliphatic rings.